The van der Waals surface area contributed by atoms with Gasteiger partial charge in [-0.05, 0) is 83.8 Å². The van der Waals surface area contributed by atoms with E-state index >= 15 is 0 Å². The minimum absolute atomic E-state index is 0.109. The van der Waals surface area contributed by atoms with Crippen molar-refractivity contribution in [3.63, 3.8) is 0 Å². The van der Waals surface area contributed by atoms with Crippen molar-refractivity contribution in [2.75, 3.05) is 5.32 Å². The van der Waals surface area contributed by atoms with Crippen LogP contribution in [0.25, 0.3) is 16.8 Å². The van der Waals surface area contributed by atoms with Gasteiger partial charge in [-0.3, -0.25) is 9.59 Å². The first-order valence-corrected chi connectivity index (χ1v) is 12.5. The average Bonchev–Trinajstić information content (AvgIpc) is 3.48. The summed E-state index contributed by atoms with van der Waals surface area (Å²) >= 11 is 6.26. The largest absolute Gasteiger partial charge is 0.478 e. The minimum Gasteiger partial charge on any atom is -0.478 e. The highest BCUT2D eigenvalue weighted by Gasteiger charge is 2.24. The summed E-state index contributed by atoms with van der Waals surface area (Å²) in [6.45, 7) is 0. The maximum absolute atomic E-state index is 13.5. The number of carboxylic acids is 1. The first kappa shape index (κ1) is 25.8. The lowest BCUT2D eigenvalue weighted by Crippen LogP contribution is -2.33. The number of tetrazole rings is 1. The second kappa shape index (κ2) is 11.3. The van der Waals surface area contributed by atoms with Gasteiger partial charge < -0.3 is 15.0 Å². The number of aromatic nitrogens is 5. The van der Waals surface area contributed by atoms with Crippen molar-refractivity contribution in [1.82, 2.24) is 24.8 Å². The number of nitrogens with one attached hydrogen (secondary N) is 1. The van der Waals surface area contributed by atoms with Crippen molar-refractivity contribution in [2.24, 2.45) is 0 Å². The number of aromatic carboxylic acids is 1. The van der Waals surface area contributed by atoms with Crippen LogP contribution in [0.3, 0.4) is 0 Å². The van der Waals surface area contributed by atoms with E-state index in [0.717, 1.165) is 18.4 Å². The Bertz CT molecular complexity index is 1640. The molecule has 0 unspecified atom stereocenters. The molecule has 0 bridgehead atoms. The summed E-state index contributed by atoms with van der Waals surface area (Å²) in [5.41, 5.74) is 3.10. The minimum atomic E-state index is -1.06. The van der Waals surface area contributed by atoms with Crippen LogP contribution < -0.4 is 10.9 Å². The molecule has 0 saturated carbocycles. The van der Waals surface area contributed by atoms with Crippen LogP contribution in [0.2, 0.25) is 5.02 Å². The molecule has 0 fully saturated rings. The van der Waals surface area contributed by atoms with Gasteiger partial charge in [0.1, 0.15) is 12.4 Å². The SMILES string of the molecule is O=C(O)c1ccc(NC(=O)[C@H](CC2=CC=CCC2)n2ccc(-c3cc(Cl)ccc3-n3cnnn3)cc2=O)cc1. The monoisotopic (exact) mass is 542 g/mol. The summed E-state index contributed by atoms with van der Waals surface area (Å²) in [5.74, 6) is -1.45. The summed E-state index contributed by atoms with van der Waals surface area (Å²) in [4.78, 5) is 38.1. The first-order chi connectivity index (χ1) is 18.9. The Kier molecular flexibility index (Phi) is 7.46. The van der Waals surface area contributed by atoms with Gasteiger partial charge in [0.05, 0.1) is 11.3 Å². The summed E-state index contributed by atoms with van der Waals surface area (Å²) in [6.07, 6.45) is 11.0. The van der Waals surface area contributed by atoms with E-state index in [4.69, 9.17) is 16.7 Å². The van der Waals surface area contributed by atoms with Gasteiger partial charge in [0.2, 0.25) is 5.91 Å². The Balaban J connectivity index is 1.49. The highest BCUT2D eigenvalue weighted by atomic mass is 35.5. The second-order valence-electron chi connectivity index (χ2n) is 8.96. The number of carbonyl (C=O) groups excluding carboxylic acids is 1. The molecule has 1 aliphatic rings. The fourth-order valence-corrected chi connectivity index (χ4v) is 4.61. The number of halogens is 1. The second-order valence-corrected chi connectivity index (χ2v) is 9.40. The zero-order chi connectivity index (χ0) is 27.4. The average molecular weight is 543 g/mol. The number of amides is 1. The Morgan fingerprint density at radius 3 is 2.59 bits per heavy atom. The van der Waals surface area contributed by atoms with E-state index in [1.165, 1.54) is 45.9 Å². The van der Waals surface area contributed by atoms with E-state index in [0.29, 0.717) is 33.9 Å². The molecule has 39 heavy (non-hydrogen) atoms. The molecule has 11 heteroatoms. The number of pyridine rings is 1. The first-order valence-electron chi connectivity index (χ1n) is 12.1. The molecule has 10 nitrogen and oxygen atoms in total. The summed E-state index contributed by atoms with van der Waals surface area (Å²) < 4.78 is 2.89. The van der Waals surface area contributed by atoms with Gasteiger partial charge in [0.15, 0.2) is 0 Å². The number of benzene rings is 2. The van der Waals surface area contributed by atoms with Gasteiger partial charge in [-0.1, -0.05) is 35.4 Å². The molecule has 2 aromatic carbocycles. The molecule has 1 amide bonds. The fourth-order valence-electron chi connectivity index (χ4n) is 4.44. The normalized spacial score (nSPS) is 13.5. The number of hydrogen-bond acceptors (Lipinski definition) is 6. The number of rotatable bonds is 8. The van der Waals surface area contributed by atoms with Crippen LogP contribution in [0.15, 0.2) is 95.7 Å². The molecule has 0 aliphatic heterocycles. The van der Waals surface area contributed by atoms with E-state index in [-0.39, 0.29) is 17.0 Å². The lowest BCUT2D eigenvalue weighted by atomic mass is 9.97. The molecule has 2 aromatic heterocycles. The van der Waals surface area contributed by atoms with Crippen LogP contribution in [-0.4, -0.2) is 41.8 Å². The predicted molar refractivity (Wildman–Crippen MR) is 146 cm³/mol. The maximum Gasteiger partial charge on any atom is 0.335 e. The molecular weight excluding hydrogens is 520 g/mol. The highest BCUT2D eigenvalue weighted by Crippen LogP contribution is 2.30. The Morgan fingerprint density at radius 1 is 1.10 bits per heavy atom. The van der Waals surface area contributed by atoms with Gasteiger partial charge in [-0.15, -0.1) is 5.10 Å². The predicted octanol–water partition coefficient (Wildman–Crippen LogP) is 4.69. The van der Waals surface area contributed by atoms with Crippen molar-refractivity contribution >= 4 is 29.2 Å². The topological polar surface area (TPSA) is 132 Å². The van der Waals surface area contributed by atoms with E-state index in [9.17, 15) is 14.4 Å². The number of carbonyl (C=O) groups is 2. The van der Waals surface area contributed by atoms with Crippen molar-refractivity contribution in [3.8, 4) is 16.8 Å². The molecule has 5 rings (SSSR count). The van der Waals surface area contributed by atoms with Crippen LogP contribution in [0.4, 0.5) is 5.69 Å². The van der Waals surface area contributed by atoms with Gasteiger partial charge in [-0.25, -0.2) is 4.79 Å². The number of anilines is 1. The molecule has 0 saturated heterocycles. The van der Waals surface area contributed by atoms with Crippen molar-refractivity contribution in [3.05, 3.63) is 112 Å². The highest BCUT2D eigenvalue weighted by molar-refractivity contribution is 6.31. The zero-order valence-corrected chi connectivity index (χ0v) is 21.3. The fraction of sp³-hybridized carbons (Fsp3) is 0.143. The third-order valence-electron chi connectivity index (χ3n) is 6.41. The summed E-state index contributed by atoms with van der Waals surface area (Å²) in [7, 11) is 0. The van der Waals surface area contributed by atoms with Crippen LogP contribution in [0, 0.1) is 0 Å². The molecule has 4 aromatic rings. The van der Waals surface area contributed by atoms with E-state index in [1.54, 1.807) is 30.5 Å². The molecule has 2 N–H and O–H groups in total. The molecule has 2 heterocycles. The van der Waals surface area contributed by atoms with Crippen LogP contribution in [-0.2, 0) is 4.79 Å². The van der Waals surface area contributed by atoms with E-state index in [1.807, 2.05) is 12.2 Å². The van der Waals surface area contributed by atoms with Gasteiger partial charge in [-0.2, -0.15) is 4.68 Å². The molecule has 196 valence electrons. The van der Waals surface area contributed by atoms with Crippen molar-refractivity contribution < 1.29 is 14.7 Å². The van der Waals surface area contributed by atoms with Crippen molar-refractivity contribution in [1.29, 1.82) is 0 Å². The summed E-state index contributed by atoms with van der Waals surface area (Å²) in [5, 5.41) is 23.8. The standard InChI is InChI=1S/C28H23ClN6O4/c29-21-8-11-24(35-17-30-32-33-35)23(16-21)20-12-13-34(26(36)15-20)25(14-18-4-2-1-3-5-18)27(37)31-22-9-6-19(7-10-22)28(38)39/h1-2,4,6-13,15-17,25H,3,5,14H2,(H,31,37)(H,38,39)/t25-/m0/s1. The lowest BCUT2D eigenvalue weighted by Gasteiger charge is -2.22. The Morgan fingerprint density at radius 2 is 1.92 bits per heavy atom. The number of nitrogens with zero attached hydrogens (tertiary/aromatic N) is 5. The van der Waals surface area contributed by atoms with Gasteiger partial charge >= 0.3 is 5.97 Å². The van der Waals surface area contributed by atoms with Crippen LogP contribution in [0.5, 0.6) is 0 Å². The lowest BCUT2D eigenvalue weighted by molar-refractivity contribution is -0.119. The van der Waals surface area contributed by atoms with Crippen LogP contribution >= 0.6 is 11.6 Å². The van der Waals surface area contributed by atoms with Crippen molar-refractivity contribution in [2.45, 2.75) is 25.3 Å². The van der Waals surface area contributed by atoms with Gasteiger partial charge in [0.25, 0.3) is 5.56 Å². The third-order valence-corrected chi connectivity index (χ3v) is 6.64. The number of allylic oxidation sites excluding steroid dienone is 4. The maximum atomic E-state index is 13.5. The number of carboxylic acid groups (broad SMARTS) is 1. The Hall–Kier alpha value is -4.83. The molecule has 0 spiro atoms. The Labute approximate surface area is 227 Å². The van der Waals surface area contributed by atoms with Crippen LogP contribution in [0.1, 0.15) is 35.7 Å². The van der Waals surface area contributed by atoms with E-state index in [2.05, 4.69) is 26.9 Å². The quantitative estimate of drug-likeness (QED) is 0.330. The zero-order valence-electron chi connectivity index (χ0n) is 20.6. The smallest absolute Gasteiger partial charge is 0.335 e. The van der Waals surface area contributed by atoms with Gasteiger partial charge in [0, 0.05) is 28.5 Å². The molecule has 1 atom stereocenters. The third kappa shape index (κ3) is 5.86. The molecular formula is C28H23ClN6O4. The molecule has 1 aliphatic carbocycles. The molecule has 0 radical (unpaired) electrons. The summed E-state index contributed by atoms with van der Waals surface area (Å²) in [6, 6.07) is 13.4. The number of hydrogen-bond donors (Lipinski definition) is 2. The van der Waals surface area contributed by atoms with E-state index < -0.39 is 12.0 Å².